The zero-order chi connectivity index (χ0) is 13.9. The molecule has 1 aromatic carbocycles. The molecule has 1 aromatic heterocycles. The van der Waals surface area contributed by atoms with Gasteiger partial charge >= 0.3 is 6.09 Å². The fraction of sp³-hybridized carbons (Fsp3) is 0.308. The highest BCUT2D eigenvalue weighted by molar-refractivity contribution is 6.34. The molecule has 0 radical (unpaired) electrons. The van der Waals surface area contributed by atoms with Crippen LogP contribution in [0.2, 0.25) is 5.15 Å². The monoisotopic (exact) mass is 293 g/mol. The molecule has 0 N–H and O–H groups in total. The second kappa shape index (κ2) is 5.50. The minimum atomic E-state index is -0.511. The largest absolute Gasteiger partial charge is 0.452 e. The zero-order valence-electron chi connectivity index (χ0n) is 10.6. The van der Waals surface area contributed by atoms with Crippen molar-refractivity contribution < 1.29 is 14.6 Å². The number of halogens is 1. The molecule has 0 unspecified atom stereocenters. The van der Waals surface area contributed by atoms with E-state index in [1.54, 1.807) is 17.0 Å². The number of hydrogen-bond donors (Lipinski definition) is 0. The van der Waals surface area contributed by atoms with Gasteiger partial charge in [-0.05, 0) is 18.9 Å². The second-order valence-electron chi connectivity index (χ2n) is 4.47. The number of benzene rings is 1. The predicted octanol–water partition coefficient (Wildman–Crippen LogP) is 2.81. The van der Waals surface area contributed by atoms with Crippen LogP contribution in [0, 0.1) is 0 Å². The van der Waals surface area contributed by atoms with Crippen LogP contribution in [0.1, 0.15) is 12.8 Å². The summed E-state index contributed by atoms with van der Waals surface area (Å²) in [6.45, 7) is 1.38. The SMILES string of the molecule is O=C(OOc1nnc(Cl)c2ccccc12)N1CCCC1. The van der Waals surface area contributed by atoms with Crippen LogP contribution in [0.15, 0.2) is 24.3 Å². The Bertz CT molecular complexity index is 644. The molecule has 104 valence electrons. The summed E-state index contributed by atoms with van der Waals surface area (Å²) < 4.78 is 0. The maximum atomic E-state index is 11.7. The van der Waals surface area contributed by atoms with E-state index in [9.17, 15) is 4.79 Å². The number of nitrogens with zero attached hydrogens (tertiary/aromatic N) is 3. The summed E-state index contributed by atoms with van der Waals surface area (Å²) in [5.74, 6) is 0.123. The van der Waals surface area contributed by atoms with Gasteiger partial charge in [-0.2, -0.15) is 0 Å². The smallest absolute Gasteiger partial charge is 0.305 e. The van der Waals surface area contributed by atoms with Crippen molar-refractivity contribution >= 4 is 28.5 Å². The number of amides is 1. The molecule has 0 saturated carbocycles. The van der Waals surface area contributed by atoms with Gasteiger partial charge in [0.25, 0.3) is 5.88 Å². The Morgan fingerprint density at radius 3 is 2.60 bits per heavy atom. The van der Waals surface area contributed by atoms with Gasteiger partial charge in [0.1, 0.15) is 0 Å². The van der Waals surface area contributed by atoms with E-state index in [1.807, 2.05) is 12.1 Å². The number of likely N-dealkylation sites (tertiary alicyclic amines) is 1. The number of hydrogen-bond acceptors (Lipinski definition) is 5. The second-order valence-corrected chi connectivity index (χ2v) is 4.83. The van der Waals surface area contributed by atoms with Gasteiger partial charge < -0.3 is 4.90 Å². The van der Waals surface area contributed by atoms with Crippen molar-refractivity contribution in [1.29, 1.82) is 0 Å². The lowest BCUT2D eigenvalue weighted by atomic mass is 10.2. The summed E-state index contributed by atoms with van der Waals surface area (Å²) in [7, 11) is 0. The first-order chi connectivity index (χ1) is 9.75. The number of rotatable bonds is 2. The third-order valence-electron chi connectivity index (χ3n) is 3.16. The lowest BCUT2D eigenvalue weighted by molar-refractivity contribution is -0.155. The Morgan fingerprint density at radius 1 is 1.15 bits per heavy atom. The summed E-state index contributed by atoms with van der Waals surface area (Å²) in [5, 5.41) is 9.18. The lowest BCUT2D eigenvalue weighted by Gasteiger charge is -2.13. The van der Waals surface area contributed by atoms with Gasteiger partial charge in [0.15, 0.2) is 5.15 Å². The van der Waals surface area contributed by atoms with Crippen molar-refractivity contribution in [3.05, 3.63) is 29.4 Å². The van der Waals surface area contributed by atoms with Crippen LogP contribution in [-0.4, -0.2) is 34.3 Å². The Kier molecular flexibility index (Phi) is 3.56. The summed E-state index contributed by atoms with van der Waals surface area (Å²) in [5.41, 5.74) is 0. The van der Waals surface area contributed by atoms with Gasteiger partial charge in [-0.15, -0.1) is 10.2 Å². The molecule has 2 aromatic rings. The molecule has 6 nitrogen and oxygen atoms in total. The fourth-order valence-corrected chi connectivity index (χ4v) is 2.34. The summed E-state index contributed by atoms with van der Waals surface area (Å²) >= 11 is 5.95. The molecule has 0 spiro atoms. The molecule has 1 amide bonds. The van der Waals surface area contributed by atoms with E-state index >= 15 is 0 Å². The van der Waals surface area contributed by atoms with Crippen LogP contribution < -0.4 is 4.89 Å². The Morgan fingerprint density at radius 2 is 1.85 bits per heavy atom. The Balaban J connectivity index is 1.77. The molecule has 1 aliphatic rings. The van der Waals surface area contributed by atoms with Crippen LogP contribution in [0.25, 0.3) is 10.8 Å². The van der Waals surface area contributed by atoms with Crippen molar-refractivity contribution in [3.8, 4) is 5.88 Å². The van der Waals surface area contributed by atoms with Crippen LogP contribution in [0.3, 0.4) is 0 Å². The molecule has 3 rings (SSSR count). The first-order valence-electron chi connectivity index (χ1n) is 6.30. The third-order valence-corrected chi connectivity index (χ3v) is 3.44. The quantitative estimate of drug-likeness (QED) is 0.629. The maximum absolute atomic E-state index is 11.7. The fourth-order valence-electron chi connectivity index (χ4n) is 2.14. The molecule has 20 heavy (non-hydrogen) atoms. The van der Waals surface area contributed by atoms with E-state index < -0.39 is 6.09 Å². The maximum Gasteiger partial charge on any atom is 0.452 e. The lowest BCUT2D eigenvalue weighted by Crippen LogP contribution is -2.29. The highest BCUT2D eigenvalue weighted by atomic mass is 35.5. The van der Waals surface area contributed by atoms with Gasteiger partial charge in [0.05, 0.1) is 5.39 Å². The standard InChI is InChI=1S/C13H12ClN3O3/c14-11-9-5-1-2-6-10(9)12(16-15-11)19-20-13(18)17-7-3-4-8-17/h1-2,5-6H,3-4,7-8H2. The van der Waals surface area contributed by atoms with Crippen molar-refractivity contribution in [2.24, 2.45) is 0 Å². The minimum absolute atomic E-state index is 0.123. The minimum Gasteiger partial charge on any atom is -0.305 e. The number of aromatic nitrogens is 2. The van der Waals surface area contributed by atoms with E-state index in [0.29, 0.717) is 23.9 Å². The van der Waals surface area contributed by atoms with E-state index in [4.69, 9.17) is 21.4 Å². The van der Waals surface area contributed by atoms with E-state index in [1.165, 1.54) is 0 Å². The molecule has 7 heteroatoms. The Hall–Kier alpha value is -2.08. The highest BCUT2D eigenvalue weighted by Gasteiger charge is 2.21. The van der Waals surface area contributed by atoms with Gasteiger partial charge in [-0.3, -0.25) is 4.89 Å². The number of carbonyl (C=O) groups is 1. The summed E-state index contributed by atoms with van der Waals surface area (Å²) in [6, 6.07) is 7.21. The molecular formula is C13H12ClN3O3. The first-order valence-corrected chi connectivity index (χ1v) is 6.68. The average molecular weight is 294 g/mol. The summed E-state index contributed by atoms with van der Waals surface area (Å²) in [4.78, 5) is 23.1. The van der Waals surface area contributed by atoms with E-state index in [2.05, 4.69) is 10.2 Å². The number of fused-ring (bicyclic) bond motifs is 1. The van der Waals surface area contributed by atoms with Gasteiger partial charge in [0, 0.05) is 18.5 Å². The van der Waals surface area contributed by atoms with E-state index in [-0.39, 0.29) is 11.0 Å². The molecule has 1 saturated heterocycles. The van der Waals surface area contributed by atoms with Gasteiger partial charge in [-0.25, -0.2) is 9.68 Å². The molecule has 0 aliphatic carbocycles. The van der Waals surface area contributed by atoms with Crippen LogP contribution in [0.5, 0.6) is 5.88 Å². The first kappa shape index (κ1) is 12.9. The molecule has 2 heterocycles. The number of carbonyl (C=O) groups excluding carboxylic acids is 1. The van der Waals surface area contributed by atoms with Crippen LogP contribution in [0.4, 0.5) is 4.79 Å². The van der Waals surface area contributed by atoms with Crippen molar-refractivity contribution in [3.63, 3.8) is 0 Å². The van der Waals surface area contributed by atoms with Gasteiger partial charge in [-0.1, -0.05) is 29.8 Å². The van der Waals surface area contributed by atoms with E-state index in [0.717, 1.165) is 12.8 Å². The molecule has 0 atom stereocenters. The normalized spacial score (nSPS) is 14.6. The van der Waals surface area contributed by atoms with Crippen LogP contribution >= 0.6 is 11.6 Å². The predicted molar refractivity (Wildman–Crippen MR) is 72.5 cm³/mol. The Labute approximate surface area is 120 Å². The third kappa shape index (κ3) is 2.46. The topological polar surface area (TPSA) is 64.5 Å². The van der Waals surface area contributed by atoms with Crippen molar-refractivity contribution in [2.75, 3.05) is 13.1 Å². The zero-order valence-corrected chi connectivity index (χ0v) is 11.3. The van der Waals surface area contributed by atoms with Crippen molar-refractivity contribution in [2.45, 2.75) is 12.8 Å². The average Bonchev–Trinajstić information content (AvgIpc) is 3.01. The molecular weight excluding hydrogens is 282 g/mol. The van der Waals surface area contributed by atoms with Crippen LogP contribution in [-0.2, 0) is 4.89 Å². The molecule has 1 aliphatic heterocycles. The van der Waals surface area contributed by atoms with Crippen molar-refractivity contribution in [1.82, 2.24) is 15.1 Å². The molecule has 1 fully saturated rings. The summed E-state index contributed by atoms with van der Waals surface area (Å²) in [6.07, 6.45) is 1.46. The highest BCUT2D eigenvalue weighted by Crippen LogP contribution is 2.27. The molecule has 0 bridgehead atoms. The van der Waals surface area contributed by atoms with Gasteiger partial charge in [0.2, 0.25) is 0 Å².